The third-order valence-corrected chi connectivity index (χ3v) is 2.92. The van der Waals surface area contributed by atoms with Crippen molar-refractivity contribution in [2.75, 3.05) is 0 Å². The minimum absolute atomic E-state index is 0.0514. The molecule has 2 aromatic carbocycles. The fourth-order valence-electron chi connectivity index (χ4n) is 1.85. The second-order valence-corrected chi connectivity index (χ2v) is 4.40. The molecule has 0 unspecified atom stereocenters. The Balaban J connectivity index is 1.80. The van der Waals surface area contributed by atoms with Crippen LogP contribution in [-0.2, 0) is 0 Å². The van der Waals surface area contributed by atoms with Crippen LogP contribution in [0.3, 0.4) is 0 Å². The third kappa shape index (κ3) is 3.04. The van der Waals surface area contributed by atoms with Gasteiger partial charge in [0.15, 0.2) is 0 Å². The minimum atomic E-state index is -0.436. The molecule has 1 aromatic heterocycles. The van der Waals surface area contributed by atoms with Crippen molar-refractivity contribution >= 4 is 17.6 Å². The first-order chi connectivity index (χ1) is 10.7. The van der Waals surface area contributed by atoms with Crippen molar-refractivity contribution < 1.29 is 9.34 Å². The summed E-state index contributed by atoms with van der Waals surface area (Å²) in [7, 11) is 0. The number of aromatic nitrogens is 2. The highest BCUT2D eigenvalue weighted by atomic mass is 16.6. The number of benzene rings is 2. The molecule has 3 aromatic rings. The van der Waals surface area contributed by atoms with E-state index in [0.717, 1.165) is 11.1 Å². The van der Waals surface area contributed by atoms with E-state index >= 15 is 0 Å². The predicted molar refractivity (Wildman–Crippen MR) is 80.1 cm³/mol. The Labute approximate surface area is 125 Å². The van der Waals surface area contributed by atoms with E-state index in [1.54, 1.807) is 18.3 Å². The fourth-order valence-corrected chi connectivity index (χ4v) is 1.85. The molecule has 0 amide bonds. The van der Waals surface area contributed by atoms with E-state index in [1.165, 1.54) is 18.5 Å². The number of hydrogen-bond donors (Lipinski definition) is 0. The molecule has 0 radical (unpaired) electrons. The molecule has 3 rings (SSSR count). The standard InChI is InChI=1S/C15H10N4O3/c20-19(21)14-6-4-11(5-7-14)9-16-13-3-1-2-12(8-13)15-18-17-10-22-15/h1-10H. The summed E-state index contributed by atoms with van der Waals surface area (Å²) in [5, 5.41) is 18.1. The van der Waals surface area contributed by atoms with Crippen molar-refractivity contribution in [3.8, 4) is 11.5 Å². The van der Waals surface area contributed by atoms with Crippen molar-refractivity contribution in [3.05, 3.63) is 70.6 Å². The number of nitro benzene ring substituents is 1. The molecule has 1 heterocycles. The van der Waals surface area contributed by atoms with E-state index in [9.17, 15) is 10.1 Å². The van der Waals surface area contributed by atoms with E-state index in [-0.39, 0.29) is 5.69 Å². The lowest BCUT2D eigenvalue weighted by Crippen LogP contribution is -1.88. The Morgan fingerprint density at radius 3 is 2.68 bits per heavy atom. The van der Waals surface area contributed by atoms with Crippen molar-refractivity contribution in [1.82, 2.24) is 10.2 Å². The summed E-state index contributed by atoms with van der Waals surface area (Å²) < 4.78 is 5.13. The Morgan fingerprint density at radius 1 is 1.18 bits per heavy atom. The summed E-state index contributed by atoms with van der Waals surface area (Å²) in [5.74, 6) is 0.424. The fraction of sp³-hybridized carbons (Fsp3) is 0. The van der Waals surface area contributed by atoms with Crippen LogP contribution in [0.2, 0.25) is 0 Å². The molecule has 0 fully saturated rings. The number of non-ortho nitro benzene ring substituents is 1. The van der Waals surface area contributed by atoms with E-state index in [4.69, 9.17) is 4.42 Å². The third-order valence-electron chi connectivity index (χ3n) is 2.92. The molecule has 7 nitrogen and oxygen atoms in total. The van der Waals surface area contributed by atoms with Gasteiger partial charge in [-0.3, -0.25) is 15.1 Å². The summed E-state index contributed by atoms with van der Waals surface area (Å²) in [5.41, 5.74) is 2.31. The lowest BCUT2D eigenvalue weighted by atomic mass is 10.2. The first kappa shape index (κ1) is 13.6. The van der Waals surface area contributed by atoms with Gasteiger partial charge in [0.05, 0.1) is 10.6 Å². The molecule has 0 spiro atoms. The summed E-state index contributed by atoms with van der Waals surface area (Å²) >= 11 is 0. The maximum atomic E-state index is 10.6. The molecular formula is C15H10N4O3. The highest BCUT2D eigenvalue weighted by Crippen LogP contribution is 2.22. The predicted octanol–water partition coefficient (Wildman–Crippen LogP) is 3.40. The molecule has 0 N–H and O–H groups in total. The highest BCUT2D eigenvalue weighted by molar-refractivity contribution is 5.82. The van der Waals surface area contributed by atoms with Gasteiger partial charge in [-0.25, -0.2) is 0 Å². The van der Waals surface area contributed by atoms with E-state index in [0.29, 0.717) is 11.6 Å². The maximum Gasteiger partial charge on any atom is 0.269 e. The van der Waals surface area contributed by atoms with E-state index in [2.05, 4.69) is 15.2 Å². The number of hydrogen-bond acceptors (Lipinski definition) is 6. The number of aliphatic imine (C=N–C) groups is 1. The van der Waals surface area contributed by atoms with Crippen LogP contribution in [0, 0.1) is 10.1 Å². The first-order valence-corrected chi connectivity index (χ1v) is 6.37. The molecule has 0 aliphatic carbocycles. The second-order valence-electron chi connectivity index (χ2n) is 4.40. The van der Waals surface area contributed by atoms with Crippen LogP contribution in [0.4, 0.5) is 11.4 Å². The molecule has 7 heteroatoms. The van der Waals surface area contributed by atoms with Crippen molar-refractivity contribution in [1.29, 1.82) is 0 Å². The summed E-state index contributed by atoms with van der Waals surface area (Å²) in [6.07, 6.45) is 2.90. The molecular weight excluding hydrogens is 284 g/mol. The summed E-state index contributed by atoms with van der Waals surface area (Å²) in [4.78, 5) is 14.5. The van der Waals surface area contributed by atoms with Gasteiger partial charge in [-0.1, -0.05) is 6.07 Å². The molecule has 0 atom stereocenters. The van der Waals surface area contributed by atoms with Gasteiger partial charge in [-0.2, -0.15) is 0 Å². The average Bonchev–Trinajstić information content (AvgIpc) is 3.08. The molecule has 0 saturated carbocycles. The van der Waals surface area contributed by atoms with Gasteiger partial charge in [0.2, 0.25) is 12.3 Å². The Kier molecular flexibility index (Phi) is 3.69. The van der Waals surface area contributed by atoms with Crippen LogP contribution in [0.1, 0.15) is 5.56 Å². The van der Waals surface area contributed by atoms with Crippen molar-refractivity contribution in [3.63, 3.8) is 0 Å². The Morgan fingerprint density at radius 2 is 2.00 bits per heavy atom. The van der Waals surface area contributed by atoms with Crippen molar-refractivity contribution in [2.24, 2.45) is 4.99 Å². The minimum Gasteiger partial charge on any atom is -0.423 e. The Hall–Kier alpha value is -3.35. The number of rotatable bonds is 4. The van der Waals surface area contributed by atoms with E-state index < -0.39 is 4.92 Å². The number of nitrogens with zero attached hydrogens (tertiary/aromatic N) is 4. The largest absolute Gasteiger partial charge is 0.423 e. The highest BCUT2D eigenvalue weighted by Gasteiger charge is 2.04. The topological polar surface area (TPSA) is 94.4 Å². The van der Waals surface area contributed by atoms with Gasteiger partial charge in [0, 0.05) is 23.9 Å². The maximum absolute atomic E-state index is 10.6. The van der Waals surface area contributed by atoms with Crippen LogP contribution in [0.5, 0.6) is 0 Å². The molecule has 108 valence electrons. The smallest absolute Gasteiger partial charge is 0.269 e. The van der Waals surface area contributed by atoms with Crippen molar-refractivity contribution in [2.45, 2.75) is 0 Å². The van der Waals surface area contributed by atoms with Gasteiger partial charge in [-0.15, -0.1) is 10.2 Å². The van der Waals surface area contributed by atoms with Gasteiger partial charge in [-0.05, 0) is 35.9 Å². The zero-order valence-electron chi connectivity index (χ0n) is 11.3. The molecule has 0 aliphatic rings. The lowest BCUT2D eigenvalue weighted by Gasteiger charge is -1.97. The van der Waals surface area contributed by atoms with Crippen LogP contribution in [-0.4, -0.2) is 21.3 Å². The van der Waals surface area contributed by atoms with Crippen LogP contribution in [0.25, 0.3) is 11.5 Å². The quantitative estimate of drug-likeness (QED) is 0.417. The number of nitro groups is 1. The van der Waals surface area contributed by atoms with Gasteiger partial charge in [0.25, 0.3) is 5.69 Å². The van der Waals surface area contributed by atoms with Crippen LogP contribution in [0.15, 0.2) is 64.3 Å². The summed E-state index contributed by atoms with van der Waals surface area (Å²) in [6.45, 7) is 0. The second kappa shape index (κ2) is 5.96. The SMILES string of the molecule is O=[N+]([O-])c1ccc(C=Nc2cccc(-c3nnco3)c2)cc1. The molecule has 0 saturated heterocycles. The monoisotopic (exact) mass is 294 g/mol. The zero-order valence-corrected chi connectivity index (χ0v) is 11.3. The van der Waals surface area contributed by atoms with Crippen LogP contribution < -0.4 is 0 Å². The van der Waals surface area contributed by atoms with Gasteiger partial charge < -0.3 is 4.42 Å². The average molecular weight is 294 g/mol. The molecule has 22 heavy (non-hydrogen) atoms. The normalized spacial score (nSPS) is 10.9. The molecule has 0 bridgehead atoms. The molecule has 0 aliphatic heterocycles. The van der Waals surface area contributed by atoms with Gasteiger partial charge in [0.1, 0.15) is 0 Å². The van der Waals surface area contributed by atoms with Gasteiger partial charge >= 0.3 is 0 Å². The first-order valence-electron chi connectivity index (χ1n) is 6.37. The zero-order chi connectivity index (χ0) is 15.4. The summed E-state index contributed by atoms with van der Waals surface area (Å²) in [6, 6.07) is 13.5. The van der Waals surface area contributed by atoms with Crippen LogP contribution >= 0.6 is 0 Å². The Bertz CT molecular complexity index is 811. The lowest BCUT2D eigenvalue weighted by molar-refractivity contribution is -0.384. The van der Waals surface area contributed by atoms with E-state index in [1.807, 2.05) is 24.3 Å².